The van der Waals surface area contributed by atoms with Gasteiger partial charge in [-0.05, 0) is 46.9 Å². The second kappa shape index (κ2) is 9.49. The highest BCUT2D eigenvalue weighted by Gasteiger charge is 2.40. The maximum absolute atomic E-state index is 13.2. The number of nitrogens with zero attached hydrogens (tertiary/aromatic N) is 1. The summed E-state index contributed by atoms with van der Waals surface area (Å²) < 4.78 is 68.1. The van der Waals surface area contributed by atoms with Crippen LogP contribution in [0.1, 0.15) is 20.7 Å². The first-order chi connectivity index (χ1) is 14.2. The number of rotatable bonds is 7. The number of esters is 2. The van der Waals surface area contributed by atoms with Crippen molar-refractivity contribution in [2.24, 2.45) is 0 Å². The minimum absolute atomic E-state index is 0.0987. The van der Waals surface area contributed by atoms with Crippen molar-refractivity contribution in [3.63, 3.8) is 0 Å². The molecule has 0 saturated heterocycles. The number of alkyl halides is 2. The van der Waals surface area contributed by atoms with E-state index in [4.69, 9.17) is 4.74 Å². The number of benzene rings is 2. The van der Waals surface area contributed by atoms with Crippen LogP contribution >= 0.6 is 38.5 Å². The summed E-state index contributed by atoms with van der Waals surface area (Å²) in [6.45, 7) is -2.16. The average molecular weight is 635 g/mol. The van der Waals surface area contributed by atoms with Crippen LogP contribution < -0.4 is 4.74 Å². The molecule has 0 atom stereocenters. The van der Waals surface area contributed by atoms with E-state index in [1.807, 2.05) is 22.6 Å². The lowest BCUT2D eigenvalue weighted by Crippen LogP contribution is -2.34. The third-order valence-corrected chi connectivity index (χ3v) is 5.36. The first kappa shape index (κ1) is 25.0. The molecule has 10 nitrogen and oxygen atoms in total. The van der Waals surface area contributed by atoms with E-state index in [-0.39, 0.29) is 11.3 Å². The first-order valence-electron chi connectivity index (χ1n) is 7.68. The van der Waals surface area contributed by atoms with Crippen molar-refractivity contribution in [2.75, 3.05) is 6.61 Å². The lowest BCUT2D eigenvalue weighted by Gasteiger charge is -2.19. The van der Waals surface area contributed by atoms with Gasteiger partial charge in [-0.1, -0.05) is 15.9 Å². The summed E-state index contributed by atoms with van der Waals surface area (Å²) in [5.41, 5.74) is -1.70. The van der Waals surface area contributed by atoms with Crippen LogP contribution in [-0.2, 0) is 14.9 Å². The smallest absolute Gasteiger partial charge is 0.367 e. The number of ether oxygens (including phenoxy) is 2. The highest BCUT2D eigenvalue weighted by Crippen LogP contribution is 2.28. The molecule has 0 amide bonds. The summed E-state index contributed by atoms with van der Waals surface area (Å²) in [7, 11) is -6.14. The molecule has 0 saturated carbocycles. The van der Waals surface area contributed by atoms with Crippen LogP contribution in [0.2, 0.25) is 0 Å². The van der Waals surface area contributed by atoms with E-state index in [9.17, 15) is 41.5 Å². The molecule has 0 bridgehead atoms. The van der Waals surface area contributed by atoms with Crippen molar-refractivity contribution in [1.82, 2.24) is 0 Å². The number of hydrogen-bond donors (Lipinski definition) is 0. The van der Waals surface area contributed by atoms with Crippen molar-refractivity contribution in [3.05, 3.63) is 65.7 Å². The molecule has 0 heterocycles. The number of hydrogen-bond acceptors (Lipinski definition) is 9. The molecule has 2 aromatic carbocycles. The fraction of sp³-hybridized carbons (Fsp3) is 0.125. The van der Waals surface area contributed by atoms with Gasteiger partial charge in [0.1, 0.15) is 11.3 Å². The van der Waals surface area contributed by atoms with Gasteiger partial charge in [-0.2, -0.15) is 8.78 Å². The summed E-state index contributed by atoms with van der Waals surface area (Å²) in [5.74, 6) is -2.98. The second-order valence-corrected chi connectivity index (χ2v) is 9.32. The van der Waals surface area contributed by atoms with Gasteiger partial charge in [0.15, 0.2) is 16.7 Å². The monoisotopic (exact) mass is 634 g/mol. The minimum Gasteiger partial charge on any atom is -0.743 e. The zero-order chi connectivity index (χ0) is 23.6. The molecule has 166 valence electrons. The third kappa shape index (κ3) is 6.37. The Hall–Kier alpha value is -2.24. The lowest BCUT2D eigenvalue weighted by molar-refractivity contribution is -0.385. The van der Waals surface area contributed by atoms with Crippen LogP contribution in [0.4, 0.5) is 14.5 Å². The van der Waals surface area contributed by atoms with Gasteiger partial charge in [-0.3, -0.25) is 10.1 Å². The molecular formula is C16H8BrF2INO9S-. The van der Waals surface area contributed by atoms with Crippen LogP contribution in [0.15, 0.2) is 40.9 Å². The molecule has 0 aromatic heterocycles. The topological polar surface area (TPSA) is 153 Å². The number of carbonyl (C=O) groups is 2. The maximum atomic E-state index is 13.2. The molecule has 2 rings (SSSR count). The van der Waals surface area contributed by atoms with E-state index in [0.717, 1.165) is 12.1 Å². The molecular weight excluding hydrogens is 627 g/mol. The average Bonchev–Trinajstić information content (AvgIpc) is 2.64. The Morgan fingerprint density at radius 1 is 1.16 bits per heavy atom. The number of carbonyl (C=O) groups excluding carboxylic acids is 2. The summed E-state index contributed by atoms with van der Waals surface area (Å²) >= 11 is 5.14. The molecule has 15 heteroatoms. The Morgan fingerprint density at radius 3 is 2.35 bits per heavy atom. The molecule has 0 radical (unpaired) electrons. The normalized spacial score (nSPS) is 11.6. The fourth-order valence-corrected chi connectivity index (χ4v) is 3.83. The predicted molar refractivity (Wildman–Crippen MR) is 110 cm³/mol. The van der Waals surface area contributed by atoms with E-state index in [1.165, 1.54) is 12.1 Å². The summed E-state index contributed by atoms with van der Waals surface area (Å²) in [5, 5.41) is 6.16. The first-order valence-corrected chi connectivity index (χ1v) is 11.0. The molecule has 0 aliphatic carbocycles. The van der Waals surface area contributed by atoms with Gasteiger partial charge < -0.3 is 14.0 Å². The largest absolute Gasteiger partial charge is 0.743 e. The van der Waals surface area contributed by atoms with E-state index >= 15 is 0 Å². The van der Waals surface area contributed by atoms with Crippen LogP contribution in [0.5, 0.6) is 5.75 Å². The zero-order valence-electron chi connectivity index (χ0n) is 14.7. The van der Waals surface area contributed by atoms with E-state index in [2.05, 4.69) is 20.7 Å². The van der Waals surface area contributed by atoms with Crippen LogP contribution in [0, 0.1) is 13.7 Å². The van der Waals surface area contributed by atoms with E-state index in [1.54, 1.807) is 6.07 Å². The fourth-order valence-electron chi connectivity index (χ4n) is 2.04. The minimum atomic E-state index is -6.14. The summed E-state index contributed by atoms with van der Waals surface area (Å²) in [6.07, 6.45) is 0. The third-order valence-electron chi connectivity index (χ3n) is 3.43. The molecule has 0 unspecified atom stereocenters. The van der Waals surface area contributed by atoms with Gasteiger partial charge >= 0.3 is 17.2 Å². The van der Waals surface area contributed by atoms with Crippen molar-refractivity contribution in [1.29, 1.82) is 0 Å². The Labute approximate surface area is 194 Å². The Bertz CT molecular complexity index is 1150. The molecule has 0 N–H and O–H groups in total. The van der Waals surface area contributed by atoms with Gasteiger partial charge in [-0.25, -0.2) is 18.0 Å². The van der Waals surface area contributed by atoms with Crippen molar-refractivity contribution in [3.8, 4) is 5.75 Å². The molecule has 0 spiro atoms. The molecule has 0 aliphatic heterocycles. The van der Waals surface area contributed by atoms with Gasteiger partial charge in [-0.15, -0.1) is 0 Å². The Kier molecular flexibility index (Phi) is 7.66. The second-order valence-electron chi connectivity index (χ2n) is 5.65. The Morgan fingerprint density at radius 2 is 1.81 bits per heavy atom. The predicted octanol–water partition coefficient (Wildman–Crippen LogP) is 3.48. The molecule has 31 heavy (non-hydrogen) atoms. The SMILES string of the molecule is O=C(Oc1ccc([N+](=O)[O-])c(C(=O)OCC(F)(F)S(=O)(=O)[O-])c1)c1cc(Br)cc(I)c1. The van der Waals surface area contributed by atoms with Gasteiger partial charge in [0.25, 0.3) is 5.69 Å². The van der Waals surface area contributed by atoms with Gasteiger partial charge in [0, 0.05) is 20.2 Å². The number of halogens is 4. The zero-order valence-corrected chi connectivity index (χ0v) is 19.3. The van der Waals surface area contributed by atoms with Crippen LogP contribution in [-0.4, -0.2) is 41.7 Å². The molecule has 0 aliphatic rings. The maximum Gasteiger partial charge on any atom is 0.367 e. The summed E-state index contributed by atoms with van der Waals surface area (Å²) in [6, 6.07) is 7.02. The van der Waals surface area contributed by atoms with Crippen molar-refractivity contribution >= 4 is 66.3 Å². The van der Waals surface area contributed by atoms with Crippen LogP contribution in [0.25, 0.3) is 0 Å². The van der Waals surface area contributed by atoms with E-state index < -0.39 is 50.1 Å². The number of nitro benzene ring substituents is 1. The highest BCUT2D eigenvalue weighted by atomic mass is 127. The Balaban J connectivity index is 2.31. The number of nitro groups is 1. The highest BCUT2D eigenvalue weighted by molar-refractivity contribution is 14.1. The molecule has 2 aromatic rings. The van der Waals surface area contributed by atoms with Crippen LogP contribution in [0.3, 0.4) is 0 Å². The quantitative estimate of drug-likeness (QED) is 0.111. The van der Waals surface area contributed by atoms with Crippen molar-refractivity contribution < 1.29 is 45.7 Å². The summed E-state index contributed by atoms with van der Waals surface area (Å²) in [4.78, 5) is 34.4. The van der Waals surface area contributed by atoms with E-state index in [0.29, 0.717) is 14.1 Å². The van der Waals surface area contributed by atoms with Crippen molar-refractivity contribution in [2.45, 2.75) is 5.25 Å². The van der Waals surface area contributed by atoms with Gasteiger partial charge in [0.2, 0.25) is 0 Å². The van der Waals surface area contributed by atoms with Gasteiger partial charge in [0.05, 0.1) is 10.5 Å². The molecule has 0 fully saturated rings. The lowest BCUT2D eigenvalue weighted by atomic mass is 10.1. The standard InChI is InChI=1S/C16H9BrF2INO9S/c17-9-3-8(4-10(20)5-9)14(22)30-11-1-2-13(21(24)25)12(6-11)15(23)29-7-16(18,19)31(26,27)28/h1-6H,7H2,(H,26,27,28)/p-1.